The Morgan fingerprint density at radius 1 is 0.969 bits per heavy atom. The second-order valence-electron chi connectivity index (χ2n) is 7.46. The molecular formula is C25H28N2O4S. The topological polar surface area (TPSA) is 75.7 Å². The van der Waals surface area contributed by atoms with Crippen molar-refractivity contribution >= 4 is 21.6 Å². The Labute approximate surface area is 189 Å². The van der Waals surface area contributed by atoms with Crippen molar-refractivity contribution < 1.29 is 17.9 Å². The molecule has 168 valence electrons. The van der Waals surface area contributed by atoms with Gasteiger partial charge in [0, 0.05) is 0 Å². The van der Waals surface area contributed by atoms with Crippen LogP contribution in [-0.4, -0.2) is 28.0 Å². The first-order valence-corrected chi connectivity index (χ1v) is 11.9. The fourth-order valence-electron chi connectivity index (χ4n) is 3.37. The average Bonchev–Trinajstić information content (AvgIpc) is 2.82. The maximum atomic E-state index is 13.4. The van der Waals surface area contributed by atoms with Crippen molar-refractivity contribution in [2.45, 2.75) is 31.2 Å². The smallest absolute Gasteiger partial charge is 0.264 e. The van der Waals surface area contributed by atoms with E-state index >= 15 is 0 Å². The molecule has 3 aromatic carbocycles. The molecule has 0 aliphatic heterocycles. The molecule has 0 spiro atoms. The number of hydrogen-bond acceptors (Lipinski definition) is 4. The molecule has 1 N–H and O–H groups in total. The van der Waals surface area contributed by atoms with Gasteiger partial charge in [-0.3, -0.25) is 9.10 Å². The van der Waals surface area contributed by atoms with Gasteiger partial charge in [0.15, 0.2) is 0 Å². The van der Waals surface area contributed by atoms with E-state index in [1.807, 2.05) is 38.1 Å². The molecule has 0 aliphatic rings. The van der Waals surface area contributed by atoms with Crippen LogP contribution in [-0.2, 0) is 14.8 Å². The Kier molecular flexibility index (Phi) is 7.53. The molecule has 0 radical (unpaired) electrons. The number of carbonyl (C=O) groups excluding carboxylic acids is 1. The number of para-hydroxylation sites is 1. The van der Waals surface area contributed by atoms with Gasteiger partial charge in [-0.15, -0.1) is 0 Å². The molecule has 1 atom stereocenters. The molecule has 0 saturated heterocycles. The summed E-state index contributed by atoms with van der Waals surface area (Å²) >= 11 is 0. The predicted molar refractivity (Wildman–Crippen MR) is 126 cm³/mol. The van der Waals surface area contributed by atoms with E-state index in [0.29, 0.717) is 17.9 Å². The van der Waals surface area contributed by atoms with Gasteiger partial charge in [0.25, 0.3) is 10.0 Å². The highest BCUT2D eigenvalue weighted by atomic mass is 32.2. The lowest BCUT2D eigenvalue weighted by molar-refractivity contribution is -0.120. The van der Waals surface area contributed by atoms with E-state index in [2.05, 4.69) is 5.32 Å². The molecule has 0 fully saturated rings. The van der Waals surface area contributed by atoms with E-state index in [1.54, 1.807) is 42.5 Å². The molecule has 0 aliphatic carbocycles. The zero-order chi connectivity index (χ0) is 23.1. The molecule has 0 bridgehead atoms. The number of methoxy groups -OCH3 is 1. The predicted octanol–water partition coefficient (Wildman–Crippen LogP) is 4.47. The molecule has 0 aromatic heterocycles. The van der Waals surface area contributed by atoms with Crippen LogP contribution in [0.5, 0.6) is 5.75 Å². The van der Waals surface area contributed by atoms with Crippen LogP contribution >= 0.6 is 0 Å². The first-order chi connectivity index (χ1) is 15.3. The number of rotatable bonds is 9. The van der Waals surface area contributed by atoms with E-state index in [-0.39, 0.29) is 23.4 Å². The first kappa shape index (κ1) is 23.3. The monoisotopic (exact) mass is 452 g/mol. The van der Waals surface area contributed by atoms with Gasteiger partial charge in [0.1, 0.15) is 12.3 Å². The van der Waals surface area contributed by atoms with Crippen LogP contribution in [0.2, 0.25) is 0 Å². The van der Waals surface area contributed by atoms with Crippen molar-refractivity contribution in [2.24, 2.45) is 0 Å². The van der Waals surface area contributed by atoms with Gasteiger partial charge in [0.2, 0.25) is 5.91 Å². The van der Waals surface area contributed by atoms with Crippen molar-refractivity contribution in [2.75, 3.05) is 18.0 Å². The number of nitrogens with zero attached hydrogens (tertiary/aromatic N) is 1. The quantitative estimate of drug-likeness (QED) is 0.520. The highest BCUT2D eigenvalue weighted by Crippen LogP contribution is 2.25. The zero-order valence-corrected chi connectivity index (χ0v) is 19.3. The van der Waals surface area contributed by atoms with Gasteiger partial charge in [-0.2, -0.15) is 0 Å². The maximum absolute atomic E-state index is 13.4. The Hall–Kier alpha value is -3.32. The molecular weight excluding hydrogens is 424 g/mol. The van der Waals surface area contributed by atoms with E-state index in [1.165, 1.54) is 19.2 Å². The summed E-state index contributed by atoms with van der Waals surface area (Å²) in [7, 11) is -2.45. The van der Waals surface area contributed by atoms with Crippen molar-refractivity contribution in [1.82, 2.24) is 5.32 Å². The third-order valence-electron chi connectivity index (χ3n) is 5.20. The molecule has 7 heteroatoms. The summed E-state index contributed by atoms with van der Waals surface area (Å²) in [6.07, 6.45) is 0.686. The molecule has 32 heavy (non-hydrogen) atoms. The van der Waals surface area contributed by atoms with Crippen LogP contribution in [0.25, 0.3) is 0 Å². The average molecular weight is 453 g/mol. The summed E-state index contributed by atoms with van der Waals surface area (Å²) in [6.45, 7) is 3.65. The minimum absolute atomic E-state index is 0.0838. The maximum Gasteiger partial charge on any atom is 0.264 e. The number of nitrogens with one attached hydrogen (secondary N) is 1. The van der Waals surface area contributed by atoms with E-state index in [4.69, 9.17) is 4.74 Å². The number of benzene rings is 3. The fourth-order valence-corrected chi connectivity index (χ4v) is 4.80. The largest absolute Gasteiger partial charge is 0.497 e. The molecule has 1 amide bonds. The number of sulfonamides is 1. The lowest BCUT2D eigenvalue weighted by Gasteiger charge is -2.25. The number of ether oxygens (including phenoxy) is 1. The normalized spacial score (nSPS) is 12.1. The SMILES string of the molecule is CC[C@H](NC(=O)CN(c1ccccc1)S(=O)(=O)c1ccc(OC)cc1)c1ccc(C)cc1. The molecule has 0 heterocycles. The standard InChI is InChI=1S/C25H28N2O4S/c1-4-24(20-12-10-19(2)11-13-20)26-25(28)18-27(21-8-6-5-7-9-21)32(29,30)23-16-14-22(31-3)15-17-23/h5-17,24H,4,18H2,1-3H3,(H,26,28)/t24-/m0/s1. The summed E-state index contributed by atoms with van der Waals surface area (Å²) in [5, 5.41) is 2.98. The van der Waals surface area contributed by atoms with Crippen LogP contribution in [0.3, 0.4) is 0 Å². The van der Waals surface area contributed by atoms with Crippen molar-refractivity contribution in [1.29, 1.82) is 0 Å². The van der Waals surface area contributed by atoms with Crippen LogP contribution in [0.4, 0.5) is 5.69 Å². The second-order valence-corrected chi connectivity index (χ2v) is 9.32. The number of carbonyl (C=O) groups is 1. The summed E-state index contributed by atoms with van der Waals surface area (Å²) in [6, 6.07) is 22.5. The second kappa shape index (κ2) is 10.3. The first-order valence-electron chi connectivity index (χ1n) is 10.4. The Morgan fingerprint density at radius 2 is 1.59 bits per heavy atom. The lowest BCUT2D eigenvalue weighted by atomic mass is 10.0. The summed E-state index contributed by atoms with van der Waals surface area (Å²) in [5.74, 6) is 0.176. The lowest BCUT2D eigenvalue weighted by Crippen LogP contribution is -2.42. The highest BCUT2D eigenvalue weighted by Gasteiger charge is 2.28. The number of aryl methyl sites for hydroxylation is 1. The van der Waals surface area contributed by atoms with Crippen LogP contribution in [0, 0.1) is 6.92 Å². The zero-order valence-electron chi connectivity index (χ0n) is 18.5. The fraction of sp³-hybridized carbons (Fsp3) is 0.240. The number of hydrogen-bond donors (Lipinski definition) is 1. The third kappa shape index (κ3) is 5.48. The van der Waals surface area contributed by atoms with E-state index in [0.717, 1.165) is 15.4 Å². The molecule has 6 nitrogen and oxygen atoms in total. The van der Waals surface area contributed by atoms with Gasteiger partial charge in [-0.1, -0.05) is 55.0 Å². The van der Waals surface area contributed by atoms with Crippen LogP contribution in [0.15, 0.2) is 83.8 Å². The van der Waals surface area contributed by atoms with Gasteiger partial charge in [-0.05, 0) is 55.3 Å². The third-order valence-corrected chi connectivity index (χ3v) is 6.99. The highest BCUT2D eigenvalue weighted by molar-refractivity contribution is 7.92. The number of amides is 1. The van der Waals surface area contributed by atoms with Gasteiger partial charge >= 0.3 is 0 Å². The minimum Gasteiger partial charge on any atom is -0.497 e. The van der Waals surface area contributed by atoms with E-state index < -0.39 is 10.0 Å². The van der Waals surface area contributed by atoms with Crippen molar-refractivity contribution in [3.63, 3.8) is 0 Å². The summed E-state index contributed by atoms with van der Waals surface area (Å²) in [4.78, 5) is 13.1. The molecule has 0 unspecified atom stereocenters. The molecule has 3 aromatic rings. The van der Waals surface area contributed by atoms with Crippen molar-refractivity contribution in [3.05, 3.63) is 90.0 Å². The van der Waals surface area contributed by atoms with Gasteiger partial charge in [0.05, 0.1) is 23.7 Å². The Bertz CT molecular complexity index is 1130. The summed E-state index contributed by atoms with van der Waals surface area (Å²) in [5.41, 5.74) is 2.54. The molecule has 3 rings (SSSR count). The Morgan fingerprint density at radius 3 is 2.16 bits per heavy atom. The minimum atomic E-state index is -3.97. The van der Waals surface area contributed by atoms with Gasteiger partial charge in [-0.25, -0.2) is 8.42 Å². The summed E-state index contributed by atoms with van der Waals surface area (Å²) < 4.78 is 33.1. The van der Waals surface area contributed by atoms with Crippen LogP contribution < -0.4 is 14.4 Å². The van der Waals surface area contributed by atoms with Gasteiger partial charge < -0.3 is 10.1 Å². The van der Waals surface area contributed by atoms with Crippen LogP contribution in [0.1, 0.15) is 30.5 Å². The number of anilines is 1. The Balaban J connectivity index is 1.87. The van der Waals surface area contributed by atoms with E-state index in [9.17, 15) is 13.2 Å². The molecule has 0 saturated carbocycles. The van der Waals surface area contributed by atoms with Crippen molar-refractivity contribution in [3.8, 4) is 5.75 Å².